The van der Waals surface area contributed by atoms with Crippen molar-refractivity contribution in [3.63, 3.8) is 0 Å². The lowest BCUT2D eigenvalue weighted by Crippen LogP contribution is -2.18. The van der Waals surface area contributed by atoms with Gasteiger partial charge in [-0.15, -0.1) is 11.8 Å². The number of rotatable bonds is 18. The third-order valence-electron chi connectivity index (χ3n) is 4.57. The van der Waals surface area contributed by atoms with Gasteiger partial charge in [0.15, 0.2) is 6.29 Å². The molecule has 0 aliphatic heterocycles. The van der Waals surface area contributed by atoms with E-state index in [0.29, 0.717) is 13.2 Å². The summed E-state index contributed by atoms with van der Waals surface area (Å²) in [5.41, 5.74) is 0. The Labute approximate surface area is 184 Å². The summed E-state index contributed by atoms with van der Waals surface area (Å²) in [6.07, 6.45) is 17.7. The molecule has 0 aromatic heterocycles. The van der Waals surface area contributed by atoms with Crippen molar-refractivity contribution < 1.29 is 9.47 Å². The number of unbranched alkanes of at least 4 members (excludes halogenated alkanes) is 11. The molecule has 0 unspecified atom stereocenters. The first kappa shape index (κ1) is 27.5. The molecular formula is C25H43BrO2. The molecule has 0 saturated carbocycles. The highest BCUT2D eigenvalue weighted by Crippen LogP contribution is 2.12. The Morgan fingerprint density at radius 3 is 1.61 bits per heavy atom. The van der Waals surface area contributed by atoms with Gasteiger partial charge in [-0.2, -0.15) is 0 Å². The van der Waals surface area contributed by atoms with Gasteiger partial charge in [-0.05, 0) is 32.1 Å². The topological polar surface area (TPSA) is 18.5 Å². The molecule has 162 valence electrons. The van der Waals surface area contributed by atoms with Crippen LogP contribution in [0.1, 0.15) is 110 Å². The van der Waals surface area contributed by atoms with E-state index in [2.05, 4.69) is 53.5 Å². The van der Waals surface area contributed by atoms with Gasteiger partial charge in [0.2, 0.25) is 0 Å². The second-order valence-electron chi connectivity index (χ2n) is 7.27. The Balaban J connectivity index is 4.04. The Bertz CT molecular complexity index is 395. The maximum absolute atomic E-state index is 5.87. The number of hydrogen-bond donors (Lipinski definition) is 0. The van der Waals surface area contributed by atoms with Gasteiger partial charge in [0.05, 0.1) is 0 Å². The lowest BCUT2D eigenvalue weighted by molar-refractivity contribution is -0.128. The van der Waals surface area contributed by atoms with Gasteiger partial charge in [0.1, 0.15) is 13.2 Å². The molecule has 0 N–H and O–H groups in total. The van der Waals surface area contributed by atoms with E-state index in [1.807, 2.05) is 0 Å². The van der Waals surface area contributed by atoms with E-state index < -0.39 is 0 Å². The van der Waals surface area contributed by atoms with Crippen molar-refractivity contribution in [1.29, 1.82) is 0 Å². The first-order chi connectivity index (χ1) is 13.8. The summed E-state index contributed by atoms with van der Waals surface area (Å²) in [6, 6.07) is 0. The van der Waals surface area contributed by atoms with Gasteiger partial charge in [-0.3, -0.25) is 0 Å². The molecule has 0 amide bonds. The molecule has 0 heterocycles. The lowest BCUT2D eigenvalue weighted by atomic mass is 10.1. The van der Waals surface area contributed by atoms with Crippen LogP contribution in [0.15, 0.2) is 0 Å². The highest BCUT2D eigenvalue weighted by molar-refractivity contribution is 9.09. The largest absolute Gasteiger partial charge is 0.340 e. The van der Waals surface area contributed by atoms with Crippen molar-refractivity contribution in [2.45, 2.75) is 116 Å². The van der Waals surface area contributed by atoms with Crippen LogP contribution in [0.3, 0.4) is 0 Å². The zero-order chi connectivity index (χ0) is 20.5. The molecule has 0 aromatic rings. The van der Waals surface area contributed by atoms with Crippen molar-refractivity contribution in [2.24, 2.45) is 0 Å². The third-order valence-corrected chi connectivity index (χ3v) is 5.13. The molecule has 0 saturated heterocycles. The molecule has 0 atom stereocenters. The zero-order valence-electron chi connectivity index (χ0n) is 18.5. The summed E-state index contributed by atoms with van der Waals surface area (Å²) in [7, 11) is 0. The standard InChI is InChI=1S/C25H43BrO2/c1-3-5-7-9-15-19-23-27-25(21-17-13-11-12-14-18-22-26)28-24-20-16-10-8-6-4-2/h25H,3-14,17-18,21-24H2,1-2H3. The lowest BCUT2D eigenvalue weighted by Gasteiger charge is -2.16. The molecule has 3 heteroatoms. The Morgan fingerprint density at radius 2 is 1.11 bits per heavy atom. The fraction of sp³-hybridized carbons (Fsp3) is 0.840. The van der Waals surface area contributed by atoms with Crippen molar-refractivity contribution in [3.8, 4) is 23.7 Å². The van der Waals surface area contributed by atoms with Crippen LogP contribution in [0, 0.1) is 23.7 Å². The smallest absolute Gasteiger partial charge is 0.160 e. The van der Waals surface area contributed by atoms with Crippen LogP contribution in [0.25, 0.3) is 0 Å². The van der Waals surface area contributed by atoms with Crippen LogP contribution < -0.4 is 0 Å². The maximum Gasteiger partial charge on any atom is 0.160 e. The third kappa shape index (κ3) is 21.8. The van der Waals surface area contributed by atoms with Gasteiger partial charge < -0.3 is 9.47 Å². The second kappa shape index (κ2) is 24.6. The Morgan fingerprint density at radius 1 is 0.607 bits per heavy atom. The van der Waals surface area contributed by atoms with Crippen LogP contribution in [-0.2, 0) is 9.47 Å². The van der Waals surface area contributed by atoms with Gasteiger partial charge in [-0.1, -0.05) is 93.0 Å². The predicted octanol–water partition coefficient (Wildman–Crippen LogP) is 7.64. The van der Waals surface area contributed by atoms with Crippen LogP contribution in [0.5, 0.6) is 0 Å². The average molecular weight is 456 g/mol. The summed E-state index contributed by atoms with van der Waals surface area (Å²) < 4.78 is 11.7. The fourth-order valence-corrected chi connectivity index (χ4v) is 3.20. The first-order valence-electron chi connectivity index (χ1n) is 11.6. The minimum atomic E-state index is -0.169. The van der Waals surface area contributed by atoms with Crippen LogP contribution in [-0.4, -0.2) is 24.8 Å². The van der Waals surface area contributed by atoms with Gasteiger partial charge in [-0.25, -0.2) is 0 Å². The minimum absolute atomic E-state index is 0.169. The van der Waals surface area contributed by atoms with Crippen molar-refractivity contribution in [3.05, 3.63) is 0 Å². The van der Waals surface area contributed by atoms with Crippen LogP contribution >= 0.6 is 15.9 Å². The van der Waals surface area contributed by atoms with Gasteiger partial charge >= 0.3 is 0 Å². The van der Waals surface area contributed by atoms with Crippen LogP contribution in [0.2, 0.25) is 0 Å². The van der Waals surface area contributed by atoms with Crippen molar-refractivity contribution >= 4 is 15.9 Å². The first-order valence-corrected chi connectivity index (χ1v) is 12.7. The van der Waals surface area contributed by atoms with Gasteiger partial charge in [0.25, 0.3) is 0 Å². The number of ether oxygens (including phenoxy) is 2. The highest BCUT2D eigenvalue weighted by atomic mass is 79.9. The fourth-order valence-electron chi connectivity index (χ4n) is 2.80. The van der Waals surface area contributed by atoms with Gasteiger partial charge in [0, 0.05) is 18.2 Å². The monoisotopic (exact) mass is 454 g/mol. The molecule has 0 aromatic carbocycles. The molecule has 0 aliphatic carbocycles. The molecule has 0 rings (SSSR count). The zero-order valence-corrected chi connectivity index (χ0v) is 20.1. The summed E-state index contributed by atoms with van der Waals surface area (Å²) in [5.74, 6) is 12.7. The quantitative estimate of drug-likeness (QED) is 0.0915. The summed E-state index contributed by atoms with van der Waals surface area (Å²) >= 11 is 3.49. The SMILES string of the molecule is CCCCCC#CCOC(CCCCCCCCBr)OCC#CCCCCC. The molecule has 0 fully saturated rings. The Kier molecular flexibility index (Phi) is 24.1. The molecule has 0 bridgehead atoms. The van der Waals surface area contributed by atoms with Crippen LogP contribution in [0.4, 0.5) is 0 Å². The highest BCUT2D eigenvalue weighted by Gasteiger charge is 2.08. The van der Waals surface area contributed by atoms with E-state index in [-0.39, 0.29) is 6.29 Å². The van der Waals surface area contributed by atoms with E-state index in [1.54, 1.807) is 0 Å². The molecular weight excluding hydrogens is 412 g/mol. The normalized spacial score (nSPS) is 10.4. The molecule has 0 radical (unpaired) electrons. The predicted molar refractivity (Wildman–Crippen MR) is 126 cm³/mol. The minimum Gasteiger partial charge on any atom is -0.340 e. The number of halogens is 1. The summed E-state index contributed by atoms with van der Waals surface area (Å²) in [4.78, 5) is 0. The molecule has 0 spiro atoms. The summed E-state index contributed by atoms with van der Waals surface area (Å²) in [6.45, 7) is 5.36. The van der Waals surface area contributed by atoms with E-state index in [4.69, 9.17) is 9.47 Å². The van der Waals surface area contributed by atoms with Crippen molar-refractivity contribution in [2.75, 3.05) is 18.5 Å². The van der Waals surface area contributed by atoms with E-state index in [9.17, 15) is 0 Å². The Hall–Kier alpha value is -0.480. The second-order valence-corrected chi connectivity index (χ2v) is 8.06. The summed E-state index contributed by atoms with van der Waals surface area (Å²) in [5, 5.41) is 1.12. The molecule has 0 aliphatic rings. The maximum atomic E-state index is 5.87. The molecule has 2 nitrogen and oxygen atoms in total. The van der Waals surface area contributed by atoms with E-state index >= 15 is 0 Å². The average Bonchev–Trinajstić information content (AvgIpc) is 2.71. The van der Waals surface area contributed by atoms with E-state index in [1.165, 1.54) is 70.6 Å². The van der Waals surface area contributed by atoms with Crippen molar-refractivity contribution in [1.82, 2.24) is 0 Å². The number of hydrogen-bond acceptors (Lipinski definition) is 2. The number of alkyl halides is 1. The van der Waals surface area contributed by atoms with E-state index in [0.717, 1.165) is 31.0 Å². The molecule has 28 heavy (non-hydrogen) atoms.